The molecular weight excluding hydrogens is 364 g/mol. The summed E-state index contributed by atoms with van der Waals surface area (Å²) in [6, 6.07) is 14.0. The molecule has 4 nitrogen and oxygen atoms in total. The molecule has 0 spiro atoms. The van der Waals surface area contributed by atoms with Gasteiger partial charge in [0, 0.05) is 23.4 Å². The molecule has 1 N–H and O–H groups in total. The lowest BCUT2D eigenvalue weighted by Crippen LogP contribution is -2.30. The molecule has 1 aliphatic rings. The highest BCUT2D eigenvalue weighted by Crippen LogP contribution is 2.47. The van der Waals surface area contributed by atoms with Gasteiger partial charge in [-0.2, -0.15) is 0 Å². The first-order valence-electron chi connectivity index (χ1n) is 8.30. The minimum atomic E-state index is -0.155. The van der Waals surface area contributed by atoms with E-state index < -0.39 is 0 Å². The van der Waals surface area contributed by atoms with Gasteiger partial charge in [-0.25, -0.2) is 4.99 Å². The molecule has 0 saturated carbocycles. The second kappa shape index (κ2) is 6.45. The van der Waals surface area contributed by atoms with Crippen LogP contribution in [-0.2, 0) is 5.54 Å². The van der Waals surface area contributed by atoms with Crippen molar-refractivity contribution in [2.45, 2.75) is 19.4 Å². The summed E-state index contributed by atoms with van der Waals surface area (Å²) in [6.45, 7) is 4.40. The number of nitrogens with one attached hydrogen (secondary N) is 1. The van der Waals surface area contributed by atoms with Gasteiger partial charge in [-0.05, 0) is 38.1 Å². The SMILES string of the molecule is COc1cccc(N=c2sc3c(s2)C(C)(C)Nc2cc(OC)ccc2-3)c1. The fraction of sp³-hybridized carbons (Fsp3) is 0.250. The number of anilines is 1. The lowest BCUT2D eigenvalue weighted by atomic mass is 9.93. The van der Waals surface area contributed by atoms with E-state index in [0.29, 0.717) is 0 Å². The van der Waals surface area contributed by atoms with Crippen LogP contribution in [0.2, 0.25) is 0 Å². The Morgan fingerprint density at radius 3 is 2.50 bits per heavy atom. The summed E-state index contributed by atoms with van der Waals surface area (Å²) in [5, 5.41) is 3.64. The van der Waals surface area contributed by atoms with Gasteiger partial charge in [-0.1, -0.05) is 6.07 Å². The van der Waals surface area contributed by atoms with Crippen molar-refractivity contribution in [1.29, 1.82) is 0 Å². The molecule has 0 saturated heterocycles. The van der Waals surface area contributed by atoms with E-state index in [1.54, 1.807) is 36.9 Å². The van der Waals surface area contributed by atoms with Crippen LogP contribution < -0.4 is 18.8 Å². The van der Waals surface area contributed by atoms with Crippen LogP contribution in [-0.4, -0.2) is 14.2 Å². The molecule has 2 aromatic carbocycles. The molecule has 1 aromatic heterocycles. The van der Waals surface area contributed by atoms with Gasteiger partial charge in [0.15, 0.2) is 3.98 Å². The van der Waals surface area contributed by atoms with Gasteiger partial charge in [-0.15, -0.1) is 22.7 Å². The Hall–Kier alpha value is -2.31. The first kappa shape index (κ1) is 17.1. The minimum absolute atomic E-state index is 0.155. The van der Waals surface area contributed by atoms with Gasteiger partial charge in [0.05, 0.1) is 35.2 Å². The molecule has 0 fully saturated rings. The molecule has 0 radical (unpaired) electrons. The summed E-state index contributed by atoms with van der Waals surface area (Å²) in [7, 11) is 3.37. The Morgan fingerprint density at radius 1 is 0.962 bits per heavy atom. The van der Waals surface area contributed by atoms with E-state index >= 15 is 0 Å². The maximum atomic E-state index is 5.38. The van der Waals surface area contributed by atoms with Crippen LogP contribution in [0.5, 0.6) is 11.5 Å². The van der Waals surface area contributed by atoms with Gasteiger partial charge in [-0.3, -0.25) is 0 Å². The van der Waals surface area contributed by atoms with Gasteiger partial charge in [0.1, 0.15) is 11.5 Å². The average molecular weight is 385 g/mol. The van der Waals surface area contributed by atoms with Gasteiger partial charge in [0.2, 0.25) is 0 Å². The molecule has 0 unspecified atom stereocenters. The molecule has 3 aromatic rings. The van der Waals surface area contributed by atoms with Crippen LogP contribution in [0, 0.1) is 0 Å². The highest BCUT2D eigenvalue weighted by atomic mass is 32.2. The zero-order valence-corrected chi connectivity index (χ0v) is 16.8. The molecule has 134 valence electrons. The molecule has 0 aliphatic carbocycles. The molecule has 0 amide bonds. The van der Waals surface area contributed by atoms with E-state index in [4.69, 9.17) is 14.5 Å². The minimum Gasteiger partial charge on any atom is -0.497 e. The number of benzene rings is 2. The zero-order valence-electron chi connectivity index (χ0n) is 15.1. The van der Waals surface area contributed by atoms with Crippen molar-refractivity contribution in [3.63, 3.8) is 0 Å². The average Bonchev–Trinajstić information content (AvgIpc) is 3.06. The zero-order chi connectivity index (χ0) is 18.3. The molecule has 0 bridgehead atoms. The van der Waals surface area contributed by atoms with Gasteiger partial charge >= 0.3 is 0 Å². The van der Waals surface area contributed by atoms with Crippen LogP contribution in [0.4, 0.5) is 11.4 Å². The number of rotatable bonds is 3. The molecular formula is C20H20N2O2S2. The van der Waals surface area contributed by atoms with E-state index in [1.807, 2.05) is 30.3 Å². The summed E-state index contributed by atoms with van der Waals surface area (Å²) in [4.78, 5) is 7.41. The fourth-order valence-electron chi connectivity index (χ4n) is 3.05. The number of fused-ring (bicyclic) bond motifs is 3. The first-order valence-corrected chi connectivity index (χ1v) is 9.93. The summed E-state index contributed by atoms with van der Waals surface area (Å²) in [5.41, 5.74) is 3.05. The smallest absolute Gasteiger partial charge is 0.171 e. The lowest BCUT2D eigenvalue weighted by molar-refractivity contribution is 0.415. The maximum Gasteiger partial charge on any atom is 0.171 e. The third-order valence-electron chi connectivity index (χ3n) is 4.34. The highest BCUT2D eigenvalue weighted by molar-refractivity contribution is 7.30. The van der Waals surface area contributed by atoms with Crippen LogP contribution in [0.1, 0.15) is 18.7 Å². The number of ether oxygens (including phenoxy) is 2. The summed E-state index contributed by atoms with van der Waals surface area (Å²) in [5.74, 6) is 1.68. The largest absolute Gasteiger partial charge is 0.497 e. The molecule has 0 atom stereocenters. The Labute approximate surface area is 160 Å². The van der Waals surface area contributed by atoms with Crippen LogP contribution in [0.15, 0.2) is 47.5 Å². The summed E-state index contributed by atoms with van der Waals surface area (Å²) >= 11 is 3.47. The number of hydrogen-bond donors (Lipinski definition) is 1. The number of nitrogens with zero attached hydrogens (tertiary/aromatic N) is 1. The monoisotopic (exact) mass is 384 g/mol. The predicted molar refractivity (Wildman–Crippen MR) is 109 cm³/mol. The Kier molecular flexibility index (Phi) is 4.25. The van der Waals surface area contributed by atoms with Crippen molar-refractivity contribution >= 4 is 34.0 Å². The van der Waals surface area contributed by atoms with Gasteiger partial charge < -0.3 is 14.8 Å². The van der Waals surface area contributed by atoms with Crippen molar-refractivity contribution in [2.75, 3.05) is 19.5 Å². The van der Waals surface area contributed by atoms with Crippen molar-refractivity contribution < 1.29 is 9.47 Å². The molecule has 2 heterocycles. The lowest BCUT2D eigenvalue weighted by Gasteiger charge is -2.33. The van der Waals surface area contributed by atoms with Crippen molar-refractivity contribution in [3.8, 4) is 21.9 Å². The normalized spacial score (nSPS) is 15.0. The Bertz CT molecular complexity index is 1030. The van der Waals surface area contributed by atoms with E-state index in [-0.39, 0.29) is 5.54 Å². The van der Waals surface area contributed by atoms with Crippen molar-refractivity contribution in [1.82, 2.24) is 0 Å². The fourth-order valence-corrected chi connectivity index (χ4v) is 5.77. The highest BCUT2D eigenvalue weighted by Gasteiger charge is 2.33. The topological polar surface area (TPSA) is 42.8 Å². The van der Waals surface area contributed by atoms with Crippen LogP contribution in [0.25, 0.3) is 10.4 Å². The quantitative estimate of drug-likeness (QED) is 0.659. The third-order valence-corrected chi connectivity index (χ3v) is 7.05. The Balaban J connectivity index is 1.85. The summed E-state index contributed by atoms with van der Waals surface area (Å²) in [6.07, 6.45) is 0. The van der Waals surface area contributed by atoms with Crippen molar-refractivity contribution in [2.24, 2.45) is 4.99 Å². The summed E-state index contributed by atoms with van der Waals surface area (Å²) < 4.78 is 11.7. The molecule has 1 aliphatic heterocycles. The molecule has 26 heavy (non-hydrogen) atoms. The van der Waals surface area contributed by atoms with Crippen LogP contribution >= 0.6 is 22.7 Å². The predicted octanol–water partition coefficient (Wildman–Crippen LogP) is 5.39. The van der Waals surface area contributed by atoms with E-state index in [2.05, 4.69) is 31.3 Å². The number of methoxy groups -OCH3 is 2. The molecule has 4 rings (SSSR count). The Morgan fingerprint density at radius 2 is 1.73 bits per heavy atom. The number of hydrogen-bond acceptors (Lipinski definition) is 6. The van der Waals surface area contributed by atoms with E-state index in [1.165, 1.54) is 15.3 Å². The van der Waals surface area contributed by atoms with E-state index in [0.717, 1.165) is 26.9 Å². The second-order valence-electron chi connectivity index (χ2n) is 6.60. The molecule has 6 heteroatoms. The standard InChI is InChI=1S/C20H20N2O2S2/c1-20(2)18-17(15-9-8-14(24-4)11-16(15)22-20)25-19(26-18)21-12-6-5-7-13(10-12)23-3/h5-11,22H,1-4H3. The maximum absolute atomic E-state index is 5.38. The van der Waals surface area contributed by atoms with Crippen molar-refractivity contribution in [3.05, 3.63) is 51.3 Å². The van der Waals surface area contributed by atoms with Crippen LogP contribution in [0.3, 0.4) is 0 Å². The van der Waals surface area contributed by atoms with E-state index in [9.17, 15) is 0 Å². The third kappa shape index (κ3) is 2.99. The van der Waals surface area contributed by atoms with Gasteiger partial charge in [0.25, 0.3) is 0 Å². The second-order valence-corrected chi connectivity index (χ2v) is 8.86. The first-order chi connectivity index (χ1) is 12.5.